The van der Waals surface area contributed by atoms with Crippen molar-refractivity contribution in [1.82, 2.24) is 9.38 Å². The smallest absolute Gasteiger partial charge is 0.231 e. The molecule has 5 nitrogen and oxygen atoms in total. The van der Waals surface area contributed by atoms with Crippen molar-refractivity contribution in [1.29, 1.82) is 5.26 Å². The first-order valence-corrected chi connectivity index (χ1v) is 9.35. The summed E-state index contributed by atoms with van der Waals surface area (Å²) in [6.07, 6.45) is 2.14. The molecule has 26 heavy (non-hydrogen) atoms. The standard InChI is InChI=1S/C20H22N4OS/c1-12-7-6-8-24-16(13(2)22-18(12)24)9-17(25)23-19-14(10-21)15(11-26-19)20(3,4)5/h6-8,11H,9H2,1-5H3,(H,23,25). The van der Waals surface area contributed by atoms with E-state index in [-0.39, 0.29) is 17.7 Å². The molecule has 134 valence electrons. The maximum atomic E-state index is 12.6. The van der Waals surface area contributed by atoms with E-state index in [0.717, 1.165) is 28.2 Å². The predicted molar refractivity (Wildman–Crippen MR) is 105 cm³/mol. The zero-order valence-electron chi connectivity index (χ0n) is 15.7. The molecule has 0 aliphatic carbocycles. The molecule has 0 radical (unpaired) electrons. The van der Waals surface area contributed by atoms with Gasteiger partial charge in [0.1, 0.15) is 16.7 Å². The summed E-state index contributed by atoms with van der Waals surface area (Å²) < 4.78 is 1.96. The van der Waals surface area contributed by atoms with Gasteiger partial charge in [0.05, 0.1) is 23.4 Å². The molecule has 0 unspecified atom stereocenters. The third kappa shape index (κ3) is 3.23. The highest BCUT2D eigenvalue weighted by Crippen LogP contribution is 2.35. The number of carbonyl (C=O) groups excluding carboxylic acids is 1. The molecule has 0 aromatic carbocycles. The maximum absolute atomic E-state index is 12.6. The molecule has 0 spiro atoms. The van der Waals surface area contributed by atoms with Gasteiger partial charge in [0.15, 0.2) is 0 Å². The molecule has 0 bridgehead atoms. The molecule has 0 fully saturated rings. The number of thiophene rings is 1. The van der Waals surface area contributed by atoms with Gasteiger partial charge in [-0.2, -0.15) is 5.26 Å². The molecule has 3 rings (SSSR count). The van der Waals surface area contributed by atoms with Crippen LogP contribution in [0.5, 0.6) is 0 Å². The fourth-order valence-electron chi connectivity index (χ4n) is 3.01. The lowest BCUT2D eigenvalue weighted by Gasteiger charge is -2.17. The number of hydrogen-bond donors (Lipinski definition) is 1. The van der Waals surface area contributed by atoms with Crippen molar-refractivity contribution in [2.45, 2.75) is 46.5 Å². The molecule has 3 heterocycles. The number of imidazole rings is 1. The average molecular weight is 366 g/mol. The Kier molecular flexibility index (Phi) is 4.59. The Morgan fingerprint density at radius 2 is 2.12 bits per heavy atom. The molecule has 3 aromatic rings. The summed E-state index contributed by atoms with van der Waals surface area (Å²) in [5.74, 6) is -0.143. The van der Waals surface area contributed by atoms with Gasteiger partial charge in [-0.25, -0.2) is 4.98 Å². The third-order valence-electron chi connectivity index (χ3n) is 4.44. The number of aryl methyl sites for hydroxylation is 2. The van der Waals surface area contributed by atoms with Crippen LogP contribution in [-0.4, -0.2) is 15.3 Å². The van der Waals surface area contributed by atoms with Gasteiger partial charge in [0, 0.05) is 6.20 Å². The second-order valence-corrected chi connectivity index (χ2v) is 8.35. The highest BCUT2D eigenvalue weighted by atomic mass is 32.1. The minimum absolute atomic E-state index is 0.139. The number of fused-ring (bicyclic) bond motifs is 1. The molecule has 3 aromatic heterocycles. The summed E-state index contributed by atoms with van der Waals surface area (Å²) in [5, 5.41) is 15.0. The number of nitrogens with one attached hydrogen (secondary N) is 1. The second-order valence-electron chi connectivity index (χ2n) is 7.47. The second kappa shape index (κ2) is 6.58. The van der Waals surface area contributed by atoms with Gasteiger partial charge >= 0.3 is 0 Å². The minimum Gasteiger partial charge on any atom is -0.316 e. The van der Waals surface area contributed by atoms with Crippen LogP contribution < -0.4 is 5.32 Å². The van der Waals surface area contributed by atoms with Crippen molar-refractivity contribution >= 4 is 27.9 Å². The van der Waals surface area contributed by atoms with Gasteiger partial charge in [0.25, 0.3) is 0 Å². The molecule has 1 amide bonds. The van der Waals surface area contributed by atoms with Crippen molar-refractivity contribution in [2.75, 3.05) is 5.32 Å². The van der Waals surface area contributed by atoms with E-state index in [9.17, 15) is 10.1 Å². The number of carbonyl (C=O) groups is 1. The first kappa shape index (κ1) is 18.2. The van der Waals surface area contributed by atoms with Gasteiger partial charge < -0.3 is 9.72 Å². The molecule has 0 aliphatic heterocycles. The summed E-state index contributed by atoms with van der Waals surface area (Å²) in [6.45, 7) is 10.1. The third-order valence-corrected chi connectivity index (χ3v) is 5.33. The number of anilines is 1. The largest absolute Gasteiger partial charge is 0.316 e. The molecule has 6 heteroatoms. The number of pyridine rings is 1. The van der Waals surface area contributed by atoms with E-state index in [1.54, 1.807) is 0 Å². The Morgan fingerprint density at radius 3 is 2.77 bits per heavy atom. The average Bonchev–Trinajstić information content (AvgIpc) is 3.10. The lowest BCUT2D eigenvalue weighted by atomic mass is 9.86. The van der Waals surface area contributed by atoms with Crippen molar-refractivity contribution in [2.24, 2.45) is 0 Å². The van der Waals surface area contributed by atoms with E-state index < -0.39 is 0 Å². The van der Waals surface area contributed by atoms with Crippen LogP contribution in [0, 0.1) is 25.2 Å². The van der Waals surface area contributed by atoms with E-state index in [4.69, 9.17) is 0 Å². The normalized spacial score (nSPS) is 11.5. The number of rotatable bonds is 3. The lowest BCUT2D eigenvalue weighted by molar-refractivity contribution is -0.115. The molecule has 0 saturated carbocycles. The predicted octanol–water partition coefficient (Wildman–Crippen LogP) is 4.36. The monoisotopic (exact) mass is 366 g/mol. The van der Waals surface area contributed by atoms with Gasteiger partial charge in [-0.1, -0.05) is 26.8 Å². The molecule has 0 atom stereocenters. The number of nitriles is 1. The summed E-state index contributed by atoms with van der Waals surface area (Å²) in [6, 6.07) is 6.20. The van der Waals surface area contributed by atoms with Gasteiger partial charge in [-0.15, -0.1) is 11.3 Å². The quantitative estimate of drug-likeness (QED) is 0.748. The lowest BCUT2D eigenvalue weighted by Crippen LogP contribution is -2.17. The molecular weight excluding hydrogens is 344 g/mol. The minimum atomic E-state index is -0.143. The van der Waals surface area contributed by atoms with Crippen LogP contribution in [0.4, 0.5) is 5.00 Å². The van der Waals surface area contributed by atoms with E-state index in [1.165, 1.54) is 11.3 Å². The van der Waals surface area contributed by atoms with Crippen molar-refractivity contribution < 1.29 is 4.79 Å². The highest BCUT2D eigenvalue weighted by molar-refractivity contribution is 7.14. The summed E-state index contributed by atoms with van der Waals surface area (Å²) in [4.78, 5) is 17.2. The summed E-state index contributed by atoms with van der Waals surface area (Å²) in [7, 11) is 0. The first-order chi connectivity index (χ1) is 12.2. The van der Waals surface area contributed by atoms with Gasteiger partial charge in [0.2, 0.25) is 5.91 Å². The van der Waals surface area contributed by atoms with Gasteiger partial charge in [-0.05, 0) is 41.8 Å². The van der Waals surface area contributed by atoms with Gasteiger partial charge in [-0.3, -0.25) is 4.79 Å². The number of hydrogen-bond acceptors (Lipinski definition) is 4. The molecular formula is C20H22N4OS. The molecule has 1 N–H and O–H groups in total. The molecule has 0 aliphatic rings. The van der Waals surface area contributed by atoms with Crippen LogP contribution in [0.1, 0.15) is 48.8 Å². The summed E-state index contributed by atoms with van der Waals surface area (Å²) in [5.41, 5.74) is 5.03. The first-order valence-electron chi connectivity index (χ1n) is 8.47. The Balaban J connectivity index is 1.87. The number of aromatic nitrogens is 2. The Bertz CT molecular complexity index is 1030. The topological polar surface area (TPSA) is 70.2 Å². The number of nitrogens with zero attached hydrogens (tertiary/aromatic N) is 3. The zero-order valence-corrected chi connectivity index (χ0v) is 16.5. The maximum Gasteiger partial charge on any atom is 0.231 e. The van der Waals surface area contributed by atoms with Crippen LogP contribution in [0.2, 0.25) is 0 Å². The number of amides is 1. The Morgan fingerprint density at radius 1 is 1.38 bits per heavy atom. The van der Waals surface area contributed by atoms with Crippen molar-refractivity contribution in [3.8, 4) is 6.07 Å². The van der Waals surface area contributed by atoms with Crippen LogP contribution in [0.15, 0.2) is 23.7 Å². The van der Waals surface area contributed by atoms with E-state index in [2.05, 4.69) is 37.1 Å². The van der Waals surface area contributed by atoms with Crippen LogP contribution >= 0.6 is 11.3 Å². The fraction of sp³-hybridized carbons (Fsp3) is 0.350. The summed E-state index contributed by atoms with van der Waals surface area (Å²) >= 11 is 1.40. The van der Waals surface area contributed by atoms with Crippen molar-refractivity contribution in [3.63, 3.8) is 0 Å². The van der Waals surface area contributed by atoms with Crippen LogP contribution in [-0.2, 0) is 16.6 Å². The molecule has 0 saturated heterocycles. The van der Waals surface area contributed by atoms with Crippen molar-refractivity contribution in [3.05, 3.63) is 51.8 Å². The van der Waals surface area contributed by atoms with E-state index >= 15 is 0 Å². The SMILES string of the molecule is Cc1nc2c(C)cccn2c1CC(=O)Nc1scc(C(C)(C)C)c1C#N. The zero-order chi connectivity index (χ0) is 19.1. The fourth-order valence-corrected chi connectivity index (χ4v) is 4.17. The van der Waals surface area contributed by atoms with E-state index in [1.807, 2.05) is 42.0 Å². The van der Waals surface area contributed by atoms with Crippen LogP contribution in [0.25, 0.3) is 5.65 Å². The Hall–Kier alpha value is -2.65. The highest BCUT2D eigenvalue weighted by Gasteiger charge is 2.23. The Labute approximate surface area is 157 Å². The van der Waals surface area contributed by atoms with Crippen LogP contribution in [0.3, 0.4) is 0 Å². The van der Waals surface area contributed by atoms with E-state index in [0.29, 0.717) is 10.6 Å².